The van der Waals surface area contributed by atoms with Crippen LogP contribution in [-0.4, -0.2) is 23.1 Å². The number of ketones is 4. The summed E-state index contributed by atoms with van der Waals surface area (Å²) in [5, 5.41) is 0. The monoisotopic (exact) mass is 322 g/mol. The SMILES string of the molecule is CC(=O)C(=O)CCc1ccccc1CC(=O)C(=O)c1ccccc1. The van der Waals surface area contributed by atoms with E-state index in [0.29, 0.717) is 17.5 Å². The number of aryl methyl sites for hydroxylation is 1. The lowest BCUT2D eigenvalue weighted by atomic mass is 9.95. The first kappa shape index (κ1) is 17.5. The molecule has 0 spiro atoms. The van der Waals surface area contributed by atoms with Gasteiger partial charge >= 0.3 is 0 Å². The van der Waals surface area contributed by atoms with Gasteiger partial charge in [-0.15, -0.1) is 0 Å². The van der Waals surface area contributed by atoms with Crippen molar-refractivity contribution in [1.82, 2.24) is 0 Å². The lowest BCUT2D eigenvalue weighted by Gasteiger charge is -2.08. The van der Waals surface area contributed by atoms with Gasteiger partial charge in [-0.2, -0.15) is 0 Å². The second-order valence-corrected chi connectivity index (χ2v) is 5.54. The van der Waals surface area contributed by atoms with Crippen LogP contribution in [0.5, 0.6) is 0 Å². The van der Waals surface area contributed by atoms with E-state index in [1.54, 1.807) is 48.5 Å². The lowest BCUT2D eigenvalue weighted by molar-refractivity contribution is -0.135. The first-order chi connectivity index (χ1) is 11.5. The van der Waals surface area contributed by atoms with E-state index < -0.39 is 23.1 Å². The minimum atomic E-state index is -0.523. The van der Waals surface area contributed by atoms with Gasteiger partial charge in [0.2, 0.25) is 11.6 Å². The fraction of sp³-hybridized carbons (Fsp3) is 0.200. The summed E-state index contributed by atoms with van der Waals surface area (Å²) in [4.78, 5) is 46.9. The van der Waals surface area contributed by atoms with E-state index in [1.807, 2.05) is 6.07 Å². The van der Waals surface area contributed by atoms with E-state index in [4.69, 9.17) is 0 Å². The van der Waals surface area contributed by atoms with Gasteiger partial charge < -0.3 is 0 Å². The molecule has 0 saturated heterocycles. The molecule has 24 heavy (non-hydrogen) atoms. The molecule has 0 amide bonds. The summed E-state index contributed by atoms with van der Waals surface area (Å²) in [6.45, 7) is 1.25. The van der Waals surface area contributed by atoms with Gasteiger partial charge in [0.15, 0.2) is 11.6 Å². The molecule has 2 aromatic rings. The van der Waals surface area contributed by atoms with Gasteiger partial charge in [-0.1, -0.05) is 54.6 Å². The number of hydrogen-bond acceptors (Lipinski definition) is 4. The first-order valence-electron chi connectivity index (χ1n) is 7.72. The molecule has 4 nitrogen and oxygen atoms in total. The number of carbonyl (C=O) groups excluding carboxylic acids is 4. The molecule has 0 heterocycles. The van der Waals surface area contributed by atoms with Crippen LogP contribution < -0.4 is 0 Å². The highest BCUT2D eigenvalue weighted by Crippen LogP contribution is 2.14. The van der Waals surface area contributed by atoms with Crippen LogP contribution in [0.2, 0.25) is 0 Å². The van der Waals surface area contributed by atoms with Gasteiger partial charge in [-0.25, -0.2) is 0 Å². The summed E-state index contributed by atoms with van der Waals surface area (Å²) in [7, 11) is 0. The van der Waals surface area contributed by atoms with Crippen LogP contribution in [0.3, 0.4) is 0 Å². The molecular formula is C20H18O4. The minimum absolute atomic E-state index is 0.0157. The van der Waals surface area contributed by atoms with Crippen LogP contribution in [0.1, 0.15) is 34.8 Å². The topological polar surface area (TPSA) is 68.3 Å². The van der Waals surface area contributed by atoms with Gasteiger partial charge in [-0.3, -0.25) is 19.2 Å². The number of carbonyl (C=O) groups is 4. The molecule has 0 atom stereocenters. The molecule has 0 radical (unpaired) electrons. The van der Waals surface area contributed by atoms with Gasteiger partial charge in [0.05, 0.1) is 0 Å². The van der Waals surface area contributed by atoms with Gasteiger partial charge in [0, 0.05) is 25.3 Å². The summed E-state index contributed by atoms with van der Waals surface area (Å²) in [6.07, 6.45) is 0.465. The van der Waals surface area contributed by atoms with E-state index in [9.17, 15) is 19.2 Å². The van der Waals surface area contributed by atoms with Crippen molar-refractivity contribution in [2.45, 2.75) is 26.2 Å². The molecule has 122 valence electrons. The average Bonchev–Trinajstić information content (AvgIpc) is 2.60. The van der Waals surface area contributed by atoms with Gasteiger partial charge in [0.25, 0.3) is 0 Å². The van der Waals surface area contributed by atoms with Crippen molar-refractivity contribution in [3.05, 3.63) is 71.3 Å². The average molecular weight is 322 g/mol. The molecule has 0 aliphatic rings. The third kappa shape index (κ3) is 4.56. The molecule has 0 aliphatic heterocycles. The number of hydrogen-bond donors (Lipinski definition) is 0. The highest BCUT2D eigenvalue weighted by molar-refractivity contribution is 6.44. The van der Waals surface area contributed by atoms with Gasteiger partial charge in [0.1, 0.15) is 0 Å². The van der Waals surface area contributed by atoms with E-state index >= 15 is 0 Å². The van der Waals surface area contributed by atoms with Crippen molar-refractivity contribution in [2.24, 2.45) is 0 Å². The Labute approximate surface area is 140 Å². The summed E-state index contributed by atoms with van der Waals surface area (Å²) < 4.78 is 0. The third-order valence-electron chi connectivity index (χ3n) is 3.77. The Hall–Kier alpha value is -2.88. The van der Waals surface area contributed by atoms with Crippen LogP contribution >= 0.6 is 0 Å². The van der Waals surface area contributed by atoms with Crippen molar-refractivity contribution in [3.63, 3.8) is 0 Å². The zero-order valence-electron chi connectivity index (χ0n) is 13.5. The molecule has 0 aromatic heterocycles. The fourth-order valence-corrected chi connectivity index (χ4v) is 2.40. The Morgan fingerprint density at radius 1 is 0.750 bits per heavy atom. The largest absolute Gasteiger partial charge is 0.291 e. The Bertz CT molecular complexity index is 775. The minimum Gasteiger partial charge on any atom is -0.291 e. The van der Waals surface area contributed by atoms with Crippen LogP contribution in [0.25, 0.3) is 0 Å². The molecule has 2 rings (SSSR count). The molecule has 0 fully saturated rings. The molecular weight excluding hydrogens is 304 g/mol. The first-order valence-corrected chi connectivity index (χ1v) is 7.72. The number of rotatable bonds is 8. The van der Waals surface area contributed by atoms with Crippen molar-refractivity contribution in [3.8, 4) is 0 Å². The van der Waals surface area contributed by atoms with Crippen LogP contribution in [0.4, 0.5) is 0 Å². The summed E-state index contributed by atoms with van der Waals surface area (Å²) in [5.74, 6) is -1.92. The van der Waals surface area contributed by atoms with Crippen molar-refractivity contribution in [2.75, 3.05) is 0 Å². The van der Waals surface area contributed by atoms with E-state index in [0.717, 1.165) is 5.56 Å². The maximum Gasteiger partial charge on any atom is 0.228 e. The molecule has 0 bridgehead atoms. The smallest absolute Gasteiger partial charge is 0.228 e. The fourth-order valence-electron chi connectivity index (χ4n) is 2.40. The Morgan fingerprint density at radius 2 is 1.33 bits per heavy atom. The number of Topliss-reactive ketones (excluding diaryl/α,β-unsaturated/α-hetero) is 4. The Kier molecular flexibility index (Phi) is 5.90. The van der Waals surface area contributed by atoms with Crippen molar-refractivity contribution >= 4 is 23.1 Å². The molecule has 0 N–H and O–H groups in total. The quantitative estimate of drug-likeness (QED) is 0.553. The summed E-state index contributed by atoms with van der Waals surface area (Å²) >= 11 is 0. The predicted octanol–water partition coefficient (Wildman–Crippen LogP) is 2.77. The van der Waals surface area contributed by atoms with E-state index in [2.05, 4.69) is 0 Å². The third-order valence-corrected chi connectivity index (χ3v) is 3.77. The van der Waals surface area contributed by atoms with Crippen LogP contribution in [-0.2, 0) is 27.2 Å². The molecule has 2 aromatic carbocycles. The van der Waals surface area contributed by atoms with Crippen molar-refractivity contribution in [1.29, 1.82) is 0 Å². The van der Waals surface area contributed by atoms with Crippen molar-refractivity contribution < 1.29 is 19.2 Å². The molecule has 0 saturated carbocycles. The standard InChI is InChI=1S/C20H18O4/c1-14(21)18(22)12-11-15-7-5-6-10-17(15)13-19(23)20(24)16-8-3-2-4-9-16/h2-10H,11-13H2,1H3. The normalized spacial score (nSPS) is 10.2. The zero-order chi connectivity index (χ0) is 17.5. The molecule has 0 aliphatic carbocycles. The highest BCUT2D eigenvalue weighted by atomic mass is 16.2. The zero-order valence-corrected chi connectivity index (χ0v) is 13.5. The molecule has 4 heteroatoms. The lowest BCUT2D eigenvalue weighted by Crippen LogP contribution is -2.18. The Morgan fingerprint density at radius 3 is 1.96 bits per heavy atom. The summed E-state index contributed by atoms with van der Waals surface area (Å²) in [5.41, 5.74) is 1.89. The van der Waals surface area contributed by atoms with E-state index in [-0.39, 0.29) is 12.8 Å². The maximum absolute atomic E-state index is 12.2. The predicted molar refractivity (Wildman–Crippen MR) is 89.9 cm³/mol. The summed E-state index contributed by atoms with van der Waals surface area (Å²) in [6, 6.07) is 15.6. The second-order valence-electron chi connectivity index (χ2n) is 5.54. The van der Waals surface area contributed by atoms with E-state index in [1.165, 1.54) is 6.92 Å². The second kappa shape index (κ2) is 8.11. The number of benzene rings is 2. The maximum atomic E-state index is 12.2. The molecule has 0 unspecified atom stereocenters. The highest BCUT2D eigenvalue weighted by Gasteiger charge is 2.18. The van der Waals surface area contributed by atoms with Crippen LogP contribution in [0, 0.1) is 0 Å². The van der Waals surface area contributed by atoms with Crippen LogP contribution in [0.15, 0.2) is 54.6 Å². The Balaban J connectivity index is 2.09. The van der Waals surface area contributed by atoms with Gasteiger partial charge in [-0.05, 0) is 17.5 Å².